The number of hydrogen-bond acceptors (Lipinski definition) is 3. The number of aliphatic carboxylic acids is 1. The Hall–Kier alpha value is -1.66. The lowest BCUT2D eigenvalue weighted by molar-refractivity contribution is -0.144. The van der Waals surface area contributed by atoms with Gasteiger partial charge in [0, 0.05) is 25.3 Å². The standard InChI is InChI=1S/C15H17ClFNO4/c16-12-2-1-10(7-13(12)17)14(19)18-8-11(15(20)21)9-3-5-22-6-4-9/h1-2,7,9,11H,3-6,8H2,(H,18,19)(H,20,21). The topological polar surface area (TPSA) is 75.6 Å². The fourth-order valence-electron chi connectivity index (χ4n) is 2.52. The summed E-state index contributed by atoms with van der Waals surface area (Å²) < 4.78 is 18.6. The van der Waals surface area contributed by atoms with Gasteiger partial charge in [0.2, 0.25) is 0 Å². The molecule has 1 heterocycles. The number of amides is 1. The average molecular weight is 330 g/mol. The van der Waals surface area contributed by atoms with Gasteiger partial charge in [-0.25, -0.2) is 4.39 Å². The molecule has 22 heavy (non-hydrogen) atoms. The monoisotopic (exact) mass is 329 g/mol. The van der Waals surface area contributed by atoms with Crippen molar-refractivity contribution in [1.82, 2.24) is 5.32 Å². The summed E-state index contributed by atoms with van der Waals surface area (Å²) in [6.45, 7) is 1.07. The third-order valence-electron chi connectivity index (χ3n) is 3.82. The van der Waals surface area contributed by atoms with Gasteiger partial charge in [-0.2, -0.15) is 0 Å². The van der Waals surface area contributed by atoms with E-state index in [4.69, 9.17) is 16.3 Å². The second-order valence-corrected chi connectivity index (χ2v) is 5.64. The van der Waals surface area contributed by atoms with Crippen LogP contribution in [0.25, 0.3) is 0 Å². The first-order chi connectivity index (χ1) is 10.5. The van der Waals surface area contributed by atoms with E-state index in [0.717, 1.165) is 6.07 Å². The van der Waals surface area contributed by atoms with Crippen LogP contribution in [-0.4, -0.2) is 36.7 Å². The normalized spacial score (nSPS) is 17.0. The highest BCUT2D eigenvalue weighted by atomic mass is 35.5. The molecule has 7 heteroatoms. The Morgan fingerprint density at radius 3 is 2.68 bits per heavy atom. The van der Waals surface area contributed by atoms with Crippen molar-refractivity contribution in [2.75, 3.05) is 19.8 Å². The highest BCUT2D eigenvalue weighted by Crippen LogP contribution is 2.24. The van der Waals surface area contributed by atoms with E-state index in [0.29, 0.717) is 26.1 Å². The van der Waals surface area contributed by atoms with Gasteiger partial charge in [0.25, 0.3) is 5.91 Å². The van der Waals surface area contributed by atoms with E-state index in [-0.39, 0.29) is 23.0 Å². The molecule has 1 atom stereocenters. The lowest BCUT2D eigenvalue weighted by Gasteiger charge is -2.27. The summed E-state index contributed by atoms with van der Waals surface area (Å²) in [5.41, 5.74) is 0.109. The van der Waals surface area contributed by atoms with Crippen LogP contribution in [-0.2, 0) is 9.53 Å². The Bertz CT molecular complexity index is 560. The minimum Gasteiger partial charge on any atom is -0.481 e. The summed E-state index contributed by atoms with van der Waals surface area (Å²) >= 11 is 5.56. The molecule has 0 saturated carbocycles. The molecule has 5 nitrogen and oxygen atoms in total. The van der Waals surface area contributed by atoms with E-state index in [2.05, 4.69) is 5.32 Å². The van der Waals surface area contributed by atoms with Crippen molar-refractivity contribution in [2.24, 2.45) is 11.8 Å². The maximum atomic E-state index is 13.3. The van der Waals surface area contributed by atoms with Crippen LogP contribution in [0.15, 0.2) is 18.2 Å². The van der Waals surface area contributed by atoms with E-state index in [1.54, 1.807) is 0 Å². The molecular formula is C15H17ClFNO4. The van der Waals surface area contributed by atoms with E-state index in [9.17, 15) is 19.1 Å². The van der Waals surface area contributed by atoms with E-state index < -0.39 is 23.6 Å². The number of carboxylic acids is 1. The van der Waals surface area contributed by atoms with Gasteiger partial charge >= 0.3 is 5.97 Å². The van der Waals surface area contributed by atoms with Crippen LogP contribution in [0.1, 0.15) is 23.2 Å². The molecule has 1 aliphatic heterocycles. The third-order valence-corrected chi connectivity index (χ3v) is 4.12. The Labute approximate surface area is 132 Å². The van der Waals surface area contributed by atoms with Crippen molar-refractivity contribution < 1.29 is 23.8 Å². The number of rotatable bonds is 5. The van der Waals surface area contributed by atoms with Gasteiger partial charge in [-0.1, -0.05) is 11.6 Å². The highest BCUT2D eigenvalue weighted by molar-refractivity contribution is 6.30. The molecule has 120 valence electrons. The number of benzene rings is 1. The largest absolute Gasteiger partial charge is 0.481 e. The zero-order valence-electron chi connectivity index (χ0n) is 11.9. The van der Waals surface area contributed by atoms with Gasteiger partial charge in [0.05, 0.1) is 10.9 Å². The number of carbonyl (C=O) groups is 2. The maximum absolute atomic E-state index is 13.3. The summed E-state index contributed by atoms with van der Waals surface area (Å²) in [5, 5.41) is 11.8. The van der Waals surface area contributed by atoms with Crippen molar-refractivity contribution in [3.63, 3.8) is 0 Å². The summed E-state index contributed by atoms with van der Waals surface area (Å²) in [6.07, 6.45) is 1.31. The summed E-state index contributed by atoms with van der Waals surface area (Å²) in [7, 11) is 0. The summed E-state index contributed by atoms with van der Waals surface area (Å²) in [5.74, 6) is -2.87. The van der Waals surface area contributed by atoms with Gasteiger partial charge in [0.15, 0.2) is 0 Å². The van der Waals surface area contributed by atoms with E-state index in [1.165, 1.54) is 12.1 Å². The van der Waals surface area contributed by atoms with Crippen molar-refractivity contribution in [3.8, 4) is 0 Å². The SMILES string of the molecule is O=C(NCC(C(=O)O)C1CCOCC1)c1ccc(Cl)c(F)c1. The minimum atomic E-state index is -0.950. The lowest BCUT2D eigenvalue weighted by atomic mass is 9.86. The predicted molar refractivity (Wildman–Crippen MR) is 78.4 cm³/mol. The predicted octanol–water partition coefficient (Wildman–Crippen LogP) is 2.34. The maximum Gasteiger partial charge on any atom is 0.308 e. The fraction of sp³-hybridized carbons (Fsp3) is 0.467. The zero-order valence-corrected chi connectivity index (χ0v) is 12.6. The Morgan fingerprint density at radius 1 is 1.41 bits per heavy atom. The molecule has 1 aromatic carbocycles. The fourth-order valence-corrected chi connectivity index (χ4v) is 2.63. The van der Waals surface area contributed by atoms with Crippen LogP contribution in [0, 0.1) is 17.7 Å². The van der Waals surface area contributed by atoms with Crippen LogP contribution in [0.4, 0.5) is 4.39 Å². The van der Waals surface area contributed by atoms with Gasteiger partial charge in [0.1, 0.15) is 5.82 Å². The number of halogens is 2. The van der Waals surface area contributed by atoms with Crippen LogP contribution < -0.4 is 5.32 Å². The van der Waals surface area contributed by atoms with Crippen LogP contribution >= 0.6 is 11.6 Å². The molecule has 0 spiro atoms. The number of ether oxygens (including phenoxy) is 1. The minimum absolute atomic E-state index is 0.00305. The first kappa shape index (κ1) is 16.7. The molecule has 1 unspecified atom stereocenters. The van der Waals surface area contributed by atoms with Crippen LogP contribution in [0.3, 0.4) is 0 Å². The van der Waals surface area contributed by atoms with Crippen molar-refractivity contribution >= 4 is 23.5 Å². The number of carbonyl (C=O) groups excluding carboxylic acids is 1. The molecule has 2 N–H and O–H groups in total. The van der Waals surface area contributed by atoms with Gasteiger partial charge in [-0.05, 0) is 37.0 Å². The quantitative estimate of drug-likeness (QED) is 0.869. The molecule has 1 aromatic rings. The Balaban J connectivity index is 1.97. The van der Waals surface area contributed by atoms with E-state index in [1.807, 2.05) is 0 Å². The molecule has 1 fully saturated rings. The first-order valence-corrected chi connectivity index (χ1v) is 7.40. The molecule has 0 aliphatic carbocycles. The van der Waals surface area contributed by atoms with Crippen LogP contribution in [0.2, 0.25) is 5.02 Å². The smallest absolute Gasteiger partial charge is 0.308 e. The lowest BCUT2D eigenvalue weighted by Crippen LogP contribution is -2.39. The molecule has 0 bridgehead atoms. The molecule has 2 rings (SSSR count). The third kappa shape index (κ3) is 4.18. The molecule has 1 aliphatic rings. The van der Waals surface area contributed by atoms with Crippen molar-refractivity contribution in [2.45, 2.75) is 12.8 Å². The number of hydrogen-bond donors (Lipinski definition) is 2. The zero-order chi connectivity index (χ0) is 16.1. The van der Waals surface area contributed by atoms with Gasteiger partial charge in [-0.3, -0.25) is 9.59 Å². The summed E-state index contributed by atoms with van der Waals surface area (Å²) in [4.78, 5) is 23.4. The Morgan fingerprint density at radius 2 is 2.09 bits per heavy atom. The summed E-state index contributed by atoms with van der Waals surface area (Å²) in [6, 6.07) is 3.71. The Kier molecular flexibility index (Phi) is 5.74. The molecule has 0 aromatic heterocycles. The second kappa shape index (κ2) is 7.56. The molecule has 1 amide bonds. The van der Waals surface area contributed by atoms with Crippen molar-refractivity contribution in [1.29, 1.82) is 0 Å². The molecule has 1 saturated heterocycles. The second-order valence-electron chi connectivity index (χ2n) is 5.23. The first-order valence-electron chi connectivity index (χ1n) is 7.03. The number of carboxylic acid groups (broad SMARTS) is 1. The molecular weight excluding hydrogens is 313 g/mol. The van der Waals surface area contributed by atoms with E-state index >= 15 is 0 Å². The van der Waals surface area contributed by atoms with Gasteiger partial charge in [-0.15, -0.1) is 0 Å². The van der Waals surface area contributed by atoms with Crippen LogP contribution in [0.5, 0.6) is 0 Å². The average Bonchev–Trinajstić information content (AvgIpc) is 2.50. The molecule has 0 radical (unpaired) electrons. The highest BCUT2D eigenvalue weighted by Gasteiger charge is 2.30. The number of nitrogens with one attached hydrogen (secondary N) is 1. The van der Waals surface area contributed by atoms with Crippen molar-refractivity contribution in [3.05, 3.63) is 34.6 Å². The van der Waals surface area contributed by atoms with Gasteiger partial charge < -0.3 is 15.2 Å².